The molecule has 1 unspecified atom stereocenters. The topological polar surface area (TPSA) is 172 Å². The molecule has 0 saturated carbocycles. The number of nitrogens with zero attached hydrogens (tertiary/aromatic N) is 2. The maximum Gasteiger partial charge on any atom is 0.330 e. The summed E-state index contributed by atoms with van der Waals surface area (Å²) in [5.74, 6) is 2.12. The molecule has 2 aromatic rings. The van der Waals surface area contributed by atoms with Gasteiger partial charge in [-0.05, 0) is 111 Å². The van der Waals surface area contributed by atoms with E-state index in [-0.39, 0.29) is 78.5 Å². The number of esters is 1. The number of rotatable bonds is 19. The third-order valence-corrected chi connectivity index (χ3v) is 31.4. The number of allylic oxidation sites excluding steroid dienone is 2. The van der Waals surface area contributed by atoms with Crippen molar-refractivity contribution in [2.45, 2.75) is 288 Å². The van der Waals surface area contributed by atoms with Gasteiger partial charge < -0.3 is 56.0 Å². The van der Waals surface area contributed by atoms with Gasteiger partial charge in [0.15, 0.2) is 20.0 Å². The number of aliphatic hydroxyl groups is 1. The van der Waals surface area contributed by atoms with Gasteiger partial charge in [-0.2, -0.15) is 0 Å². The first-order chi connectivity index (χ1) is 42.3. The first-order valence-electron chi connectivity index (χ1n) is 33.6. The molecule has 0 spiro atoms. The Labute approximate surface area is 544 Å². The first kappa shape index (κ1) is 73.6. The monoisotopic (exact) mass is 1300 g/mol. The van der Waals surface area contributed by atoms with Crippen molar-refractivity contribution >= 4 is 42.8 Å². The van der Waals surface area contributed by atoms with Crippen molar-refractivity contribution in [3.63, 3.8) is 0 Å². The number of hydrogen-bond donors (Lipinski definition) is 1. The highest BCUT2D eigenvalue weighted by atomic mass is 28.4. The lowest BCUT2D eigenvalue weighted by Crippen LogP contribution is -2.56. The minimum atomic E-state index is -2.48. The third-order valence-electron chi connectivity index (χ3n) is 19.9. The molecule has 5 aliphatic heterocycles. The van der Waals surface area contributed by atoms with E-state index in [1.54, 1.807) is 32.8 Å². The molecule has 0 amide bonds. The van der Waals surface area contributed by atoms with Gasteiger partial charge in [0.2, 0.25) is 14.2 Å². The number of fused-ring (bicyclic) bond motifs is 9. The summed E-state index contributed by atoms with van der Waals surface area (Å²) in [4.78, 5) is 23.9. The second-order valence-electron chi connectivity index (χ2n) is 30.3. The molecule has 7 rings (SSSR count). The summed E-state index contributed by atoms with van der Waals surface area (Å²) in [6.45, 7) is 44.6. The lowest BCUT2D eigenvalue weighted by atomic mass is 9.79. The molecule has 4 fully saturated rings. The quantitative estimate of drug-likeness (QED) is 0.0462. The fourth-order valence-corrected chi connectivity index (χ4v) is 21.8. The van der Waals surface area contributed by atoms with Gasteiger partial charge in [-0.25, -0.2) is 14.8 Å². The zero-order valence-corrected chi connectivity index (χ0v) is 61.5. The fourth-order valence-electron chi connectivity index (χ4n) is 14.3. The van der Waals surface area contributed by atoms with E-state index >= 15 is 0 Å². The van der Waals surface area contributed by atoms with Crippen LogP contribution in [0.1, 0.15) is 183 Å². The summed E-state index contributed by atoms with van der Waals surface area (Å²) >= 11 is 0. The second-order valence-corrected chi connectivity index (χ2v) is 45.2. The summed E-state index contributed by atoms with van der Waals surface area (Å²) in [7, 11) is -2.74. The van der Waals surface area contributed by atoms with Crippen molar-refractivity contribution < 1.29 is 60.7 Å². The van der Waals surface area contributed by atoms with Gasteiger partial charge in [0.05, 0.1) is 61.4 Å². The van der Waals surface area contributed by atoms with Gasteiger partial charge in [0.1, 0.15) is 44.2 Å². The highest BCUT2D eigenvalue weighted by Gasteiger charge is 2.52. The normalized spacial score (nSPS) is 30.5. The maximum atomic E-state index is 13.9. The Morgan fingerprint density at radius 1 is 0.867 bits per heavy atom. The number of aliphatic hydroxyl groups excluding tert-OH is 1. The predicted molar refractivity (Wildman–Crippen MR) is 365 cm³/mol. The summed E-state index contributed by atoms with van der Waals surface area (Å²) in [6, 6.07) is 0. The van der Waals surface area contributed by atoms with Crippen LogP contribution in [-0.4, -0.2) is 133 Å². The van der Waals surface area contributed by atoms with Crippen molar-refractivity contribution in [3.8, 4) is 11.5 Å². The van der Waals surface area contributed by atoms with Crippen molar-refractivity contribution in [1.82, 2.24) is 9.97 Å². The van der Waals surface area contributed by atoms with E-state index in [1.165, 1.54) is 0 Å². The first-order valence-corrected chi connectivity index (χ1v) is 42.1. The number of methoxy groups -OCH3 is 2. The fraction of sp³-hybridized carbons (Fsp3) is 0.708. The highest BCUT2D eigenvalue weighted by Crippen LogP contribution is 2.47. The molecular weight excluding hydrogens is 1190 g/mol. The zero-order chi connectivity index (χ0) is 66.1. The molecule has 4 saturated heterocycles. The lowest BCUT2D eigenvalue weighted by Gasteiger charge is -2.49. The average molecular weight is 1300 g/mol. The van der Waals surface area contributed by atoms with Gasteiger partial charge in [-0.1, -0.05) is 144 Å². The molecule has 15 atom stereocenters. The Morgan fingerprint density at radius 2 is 1.57 bits per heavy atom. The van der Waals surface area contributed by atoms with Crippen molar-refractivity contribution in [2.75, 3.05) is 20.8 Å². The Balaban J connectivity index is 1.14. The molecule has 0 aromatic carbocycles. The van der Waals surface area contributed by atoms with Gasteiger partial charge in [0, 0.05) is 64.4 Å². The summed E-state index contributed by atoms with van der Waals surface area (Å²) in [6.07, 6.45) is 22.5. The van der Waals surface area contributed by atoms with Gasteiger partial charge in [-0.15, -0.1) is 11.5 Å². The largest absolute Gasteiger partial charge is 0.458 e. The van der Waals surface area contributed by atoms with E-state index in [0.717, 1.165) is 35.3 Å². The van der Waals surface area contributed by atoms with Crippen LogP contribution < -0.4 is 0 Å². The Bertz CT molecular complexity index is 2880. The highest BCUT2D eigenvalue weighted by molar-refractivity contribution is 6.83. The van der Waals surface area contributed by atoms with Crippen LogP contribution >= 0.6 is 0 Å². The van der Waals surface area contributed by atoms with Crippen LogP contribution in [-0.2, 0) is 53.2 Å². The van der Waals surface area contributed by atoms with E-state index in [1.807, 2.05) is 31.2 Å². The Morgan fingerprint density at radius 3 is 2.22 bits per heavy atom. The molecule has 7 heterocycles. The molecule has 1 N–H and O–H groups in total. The van der Waals surface area contributed by atoms with Crippen molar-refractivity contribution in [2.24, 2.45) is 17.8 Å². The van der Waals surface area contributed by atoms with Crippen LogP contribution in [0, 0.1) is 29.2 Å². The van der Waals surface area contributed by atoms with E-state index < -0.39 is 60.9 Å². The van der Waals surface area contributed by atoms with Crippen LogP contribution in [0.2, 0.25) is 54.4 Å². The zero-order valence-electron chi connectivity index (χ0n) is 58.5. The molecule has 18 heteroatoms. The summed E-state index contributed by atoms with van der Waals surface area (Å²) < 4.78 is 73.8. The number of carbonyl (C=O) groups excluding carboxylic acids is 1. The van der Waals surface area contributed by atoms with Crippen LogP contribution in [0.3, 0.4) is 0 Å². The van der Waals surface area contributed by atoms with E-state index in [0.29, 0.717) is 85.5 Å². The van der Waals surface area contributed by atoms with E-state index in [2.05, 4.69) is 152 Å². The van der Waals surface area contributed by atoms with E-state index in [9.17, 15) is 9.90 Å². The minimum Gasteiger partial charge on any atom is -0.458 e. The van der Waals surface area contributed by atoms with Crippen LogP contribution in [0.15, 0.2) is 81.1 Å². The SMILES string of the molecule is C=C1C[C@@H]2C[C@@H]3C[C@@H](O[Si](C)(C)C(C)(C)C)C[C@@H](O3)c3coc(n3)C=CC[C@H]3OC(C(C)=Cc4coc(C[C@]5(OC)C[C@H](CO)C[C@H]([C@@H](C=C(C)C=C[C@@H](CC#C[Si](C)(C)C)OC)O[Si](C(C)C)(C(C)C)C(C)C)O5)n4)[C@H](C)[C@@H](OC(=O)C=CC[C@@H](C1)O2)[C@H]3C. The molecule has 8 bridgehead atoms. The number of ether oxygens (including phenoxy) is 7. The molecule has 15 nitrogen and oxygen atoms in total. The maximum absolute atomic E-state index is 13.9. The van der Waals surface area contributed by atoms with Crippen molar-refractivity contribution in [1.29, 1.82) is 0 Å². The van der Waals surface area contributed by atoms with Crippen molar-refractivity contribution in [3.05, 3.63) is 95.4 Å². The molecule has 90 heavy (non-hydrogen) atoms. The molecule has 502 valence electrons. The average Bonchev–Trinajstić information content (AvgIpc) is 0.946. The van der Waals surface area contributed by atoms with Gasteiger partial charge in [-0.3, -0.25) is 0 Å². The number of hydrogen-bond acceptors (Lipinski definition) is 15. The smallest absolute Gasteiger partial charge is 0.330 e. The van der Waals surface area contributed by atoms with Gasteiger partial charge in [0.25, 0.3) is 0 Å². The van der Waals surface area contributed by atoms with Crippen LogP contribution in [0.25, 0.3) is 12.2 Å². The number of aromatic nitrogens is 2. The molecule has 5 aliphatic rings. The molecular formula is C72H114N2O13Si3. The third kappa shape index (κ3) is 19.4. The summed E-state index contributed by atoms with van der Waals surface area (Å²) in [5, 5.41) is 11.1. The summed E-state index contributed by atoms with van der Waals surface area (Å²) in [5.41, 5.74) is 8.80. The standard InChI is InChI=1S/C72H114N2O13Si3/c1-46(2)90(47(3)4,48(5)6)87-65(35-49(7)30-31-56(77-15)26-24-32-88(17,18)19)64-37-54(43-75)41-72(78-16,85-64)42-67-73-55(44-79-67)36-51(9)69-53(11)70-52(10)62(83-69)27-23-28-66-74-61(45-80-66)63-40-60(86-89(20,21)71(12,13)14)39-59(82-63)38-58-34-50(8)33-57(81-58)25-22-29-68(76)84-70/h22-23,28-31,35-36,44-48,52-54,56-60,62-65,69-70,75H,8,25-27,33-34,37-43H2,1-7,9-21H3/t52-,53-,54+,56+,57-,58+,59+,60+,62+,63+,64+,65+,69?,70-,72-/m0/s1. The Hall–Kier alpha value is -3.82. The number of oxazole rings is 2. The molecule has 0 radical (unpaired) electrons. The van der Waals surface area contributed by atoms with Crippen LogP contribution in [0.4, 0.5) is 0 Å². The number of carbonyl (C=O) groups is 1. The molecule has 0 aliphatic carbocycles. The van der Waals surface area contributed by atoms with Gasteiger partial charge >= 0.3 is 5.97 Å². The Kier molecular flexibility index (Phi) is 25.8. The predicted octanol–water partition coefficient (Wildman–Crippen LogP) is 16.2. The molecule has 2 aromatic heterocycles. The van der Waals surface area contributed by atoms with Crippen LogP contribution in [0.5, 0.6) is 0 Å². The minimum absolute atomic E-state index is 0.00736. The second kappa shape index (κ2) is 31.6. The lowest BCUT2D eigenvalue weighted by molar-refractivity contribution is -0.291. The van der Waals surface area contributed by atoms with E-state index in [4.69, 9.17) is 60.8 Å².